The molecule has 4 nitrogen and oxygen atoms in total. The maximum Gasteiger partial charge on any atom is 0.140 e. The molecule has 0 spiro atoms. The number of nitrogen functional groups attached to an aromatic ring is 1. The first-order valence-electron chi connectivity index (χ1n) is 9.29. The molecule has 0 aliphatic heterocycles. The average Bonchev–Trinajstić information content (AvgIpc) is 3.16. The number of nitrogens with two attached hydrogens (primary N) is 1. The number of aromatic nitrogens is 2. The van der Waals surface area contributed by atoms with Crippen LogP contribution in [0.3, 0.4) is 0 Å². The fourth-order valence-electron chi connectivity index (χ4n) is 3.08. The van der Waals surface area contributed by atoms with Crippen LogP contribution >= 0.6 is 0 Å². The van der Waals surface area contributed by atoms with E-state index < -0.39 is 0 Å². The fourth-order valence-corrected chi connectivity index (χ4v) is 3.08. The number of benzene rings is 2. The third kappa shape index (κ3) is 3.90. The van der Waals surface area contributed by atoms with Crippen LogP contribution in [0.4, 0.5) is 5.69 Å². The molecule has 3 N–H and O–H groups in total. The zero-order chi connectivity index (χ0) is 18.5. The number of hydrogen-bond acceptors (Lipinski definition) is 3. The van der Waals surface area contributed by atoms with Crippen LogP contribution in [-0.4, -0.2) is 10.2 Å². The molecule has 4 heteroatoms. The molecule has 2 aromatic carbocycles. The molecule has 0 bridgehead atoms. The molecule has 2 unspecified atom stereocenters. The molecule has 3 aromatic rings. The van der Waals surface area contributed by atoms with Crippen LogP contribution < -0.4 is 10.5 Å². The number of nitrogens with zero attached hydrogens (tertiary/aromatic N) is 1. The Morgan fingerprint density at radius 3 is 2.58 bits per heavy atom. The Morgan fingerprint density at radius 2 is 1.85 bits per heavy atom. The first-order valence-corrected chi connectivity index (χ1v) is 9.29. The van der Waals surface area contributed by atoms with E-state index in [1.165, 1.54) is 5.56 Å². The minimum Gasteiger partial charge on any atom is -0.484 e. The Bertz CT molecular complexity index is 856. The summed E-state index contributed by atoms with van der Waals surface area (Å²) < 4.78 is 6.38. The van der Waals surface area contributed by atoms with E-state index in [4.69, 9.17) is 10.5 Å². The molecule has 0 amide bonds. The summed E-state index contributed by atoms with van der Waals surface area (Å²) in [4.78, 5) is 0. The standard InChI is InChI=1S/C22H27N3O/c1-4-15(3)18-11-6-7-12-22(18)26-21(5-2)20-14-19(24-25-20)16-9-8-10-17(23)13-16/h6-15,21H,4-5,23H2,1-3H3,(H,24,25). The third-order valence-corrected chi connectivity index (χ3v) is 4.83. The minimum atomic E-state index is -0.0671. The van der Waals surface area contributed by atoms with E-state index in [2.05, 4.69) is 55.2 Å². The highest BCUT2D eigenvalue weighted by atomic mass is 16.5. The van der Waals surface area contributed by atoms with E-state index in [-0.39, 0.29) is 6.10 Å². The van der Waals surface area contributed by atoms with Gasteiger partial charge in [-0.3, -0.25) is 5.10 Å². The maximum atomic E-state index is 6.38. The number of anilines is 1. The van der Waals surface area contributed by atoms with Crippen molar-refractivity contribution in [1.82, 2.24) is 10.2 Å². The lowest BCUT2D eigenvalue weighted by atomic mass is 9.97. The first kappa shape index (κ1) is 18.1. The Morgan fingerprint density at radius 1 is 1.04 bits per heavy atom. The van der Waals surface area contributed by atoms with Crippen LogP contribution in [0.2, 0.25) is 0 Å². The molecule has 2 atom stereocenters. The van der Waals surface area contributed by atoms with Gasteiger partial charge in [0.25, 0.3) is 0 Å². The molecular weight excluding hydrogens is 322 g/mol. The average molecular weight is 349 g/mol. The number of ether oxygens (including phenoxy) is 1. The summed E-state index contributed by atoms with van der Waals surface area (Å²) in [6, 6.07) is 18.1. The molecule has 1 heterocycles. The van der Waals surface area contributed by atoms with Crippen molar-refractivity contribution < 1.29 is 4.74 Å². The summed E-state index contributed by atoms with van der Waals surface area (Å²) in [5.74, 6) is 1.42. The summed E-state index contributed by atoms with van der Waals surface area (Å²) in [5.41, 5.74) is 10.7. The predicted octanol–water partition coefficient (Wildman–Crippen LogP) is 5.70. The number of H-pyrrole nitrogens is 1. The zero-order valence-electron chi connectivity index (χ0n) is 15.7. The molecule has 0 fully saturated rings. The predicted molar refractivity (Wildman–Crippen MR) is 107 cm³/mol. The second-order valence-corrected chi connectivity index (χ2v) is 6.70. The van der Waals surface area contributed by atoms with Crippen LogP contribution in [0.1, 0.15) is 56.9 Å². The Balaban J connectivity index is 1.85. The first-order chi connectivity index (χ1) is 12.6. The molecular formula is C22H27N3O. The van der Waals surface area contributed by atoms with Gasteiger partial charge in [0.1, 0.15) is 11.9 Å². The quantitative estimate of drug-likeness (QED) is 0.538. The van der Waals surface area contributed by atoms with Crippen LogP contribution in [0, 0.1) is 0 Å². The van der Waals surface area contributed by atoms with Crippen molar-refractivity contribution in [2.24, 2.45) is 0 Å². The number of aromatic amines is 1. The monoisotopic (exact) mass is 349 g/mol. The second kappa shape index (κ2) is 8.09. The van der Waals surface area contributed by atoms with Gasteiger partial charge >= 0.3 is 0 Å². The molecule has 0 saturated carbocycles. The lowest BCUT2D eigenvalue weighted by molar-refractivity contribution is 0.193. The van der Waals surface area contributed by atoms with Gasteiger partial charge < -0.3 is 10.5 Å². The smallest absolute Gasteiger partial charge is 0.140 e. The number of rotatable bonds is 7. The van der Waals surface area contributed by atoms with Gasteiger partial charge in [0.15, 0.2) is 0 Å². The van der Waals surface area contributed by atoms with E-state index >= 15 is 0 Å². The summed E-state index contributed by atoms with van der Waals surface area (Å²) in [6.45, 7) is 6.56. The van der Waals surface area contributed by atoms with E-state index in [1.54, 1.807) is 0 Å². The lowest BCUT2D eigenvalue weighted by Crippen LogP contribution is -2.09. The van der Waals surface area contributed by atoms with E-state index in [0.717, 1.165) is 41.2 Å². The highest BCUT2D eigenvalue weighted by Crippen LogP contribution is 2.33. The Hall–Kier alpha value is -2.75. The van der Waals surface area contributed by atoms with Crippen LogP contribution in [-0.2, 0) is 0 Å². The van der Waals surface area contributed by atoms with Gasteiger partial charge in [-0.15, -0.1) is 0 Å². The molecule has 26 heavy (non-hydrogen) atoms. The van der Waals surface area contributed by atoms with Gasteiger partial charge in [-0.1, -0.05) is 51.1 Å². The van der Waals surface area contributed by atoms with Crippen molar-refractivity contribution in [3.8, 4) is 17.0 Å². The molecule has 0 radical (unpaired) electrons. The van der Waals surface area contributed by atoms with Crippen LogP contribution in [0.15, 0.2) is 54.6 Å². The summed E-state index contributed by atoms with van der Waals surface area (Å²) in [6.07, 6.45) is 1.87. The van der Waals surface area contributed by atoms with Gasteiger partial charge in [0, 0.05) is 11.3 Å². The highest BCUT2D eigenvalue weighted by molar-refractivity contribution is 5.64. The fraction of sp³-hybridized carbons (Fsp3) is 0.318. The molecule has 1 aromatic heterocycles. The van der Waals surface area contributed by atoms with Crippen molar-refractivity contribution >= 4 is 5.69 Å². The SMILES string of the molecule is CCC(C)c1ccccc1OC(CC)c1cc(-c2cccc(N)c2)n[nH]1. The third-order valence-electron chi connectivity index (χ3n) is 4.83. The van der Waals surface area contributed by atoms with Crippen molar-refractivity contribution in [2.45, 2.75) is 45.6 Å². The largest absolute Gasteiger partial charge is 0.484 e. The zero-order valence-corrected chi connectivity index (χ0v) is 15.7. The normalized spacial score (nSPS) is 13.3. The van der Waals surface area contributed by atoms with Crippen molar-refractivity contribution in [2.75, 3.05) is 5.73 Å². The summed E-state index contributed by atoms with van der Waals surface area (Å²) in [5, 5.41) is 7.59. The van der Waals surface area contributed by atoms with Crippen LogP contribution in [0.25, 0.3) is 11.3 Å². The molecule has 0 saturated heterocycles. The Labute approximate surface area is 155 Å². The van der Waals surface area contributed by atoms with Gasteiger partial charge in [-0.2, -0.15) is 5.10 Å². The highest BCUT2D eigenvalue weighted by Gasteiger charge is 2.18. The molecule has 0 aliphatic rings. The van der Waals surface area contributed by atoms with Crippen LogP contribution in [0.5, 0.6) is 5.75 Å². The van der Waals surface area contributed by atoms with E-state index in [0.29, 0.717) is 5.92 Å². The van der Waals surface area contributed by atoms with E-state index in [9.17, 15) is 0 Å². The summed E-state index contributed by atoms with van der Waals surface area (Å²) >= 11 is 0. The summed E-state index contributed by atoms with van der Waals surface area (Å²) in [7, 11) is 0. The number of nitrogens with one attached hydrogen (secondary N) is 1. The van der Waals surface area contributed by atoms with E-state index in [1.807, 2.05) is 30.3 Å². The van der Waals surface area contributed by atoms with Gasteiger partial charge in [-0.05, 0) is 48.6 Å². The van der Waals surface area contributed by atoms with Gasteiger partial charge in [-0.25, -0.2) is 0 Å². The molecule has 136 valence electrons. The second-order valence-electron chi connectivity index (χ2n) is 6.70. The topological polar surface area (TPSA) is 63.9 Å². The van der Waals surface area contributed by atoms with Crippen molar-refractivity contribution in [3.05, 3.63) is 65.9 Å². The van der Waals surface area contributed by atoms with Gasteiger partial charge in [0.2, 0.25) is 0 Å². The van der Waals surface area contributed by atoms with Gasteiger partial charge in [0.05, 0.1) is 11.4 Å². The van der Waals surface area contributed by atoms with Crippen molar-refractivity contribution in [3.63, 3.8) is 0 Å². The van der Waals surface area contributed by atoms with Crippen molar-refractivity contribution in [1.29, 1.82) is 0 Å². The lowest BCUT2D eigenvalue weighted by Gasteiger charge is -2.21. The number of hydrogen-bond donors (Lipinski definition) is 2. The molecule has 0 aliphatic carbocycles. The minimum absolute atomic E-state index is 0.0671. The number of para-hydroxylation sites is 1. The maximum absolute atomic E-state index is 6.38. The Kier molecular flexibility index (Phi) is 5.61. The molecule has 3 rings (SSSR count).